The van der Waals surface area contributed by atoms with E-state index in [4.69, 9.17) is 0 Å². The highest BCUT2D eigenvalue weighted by molar-refractivity contribution is 14.0. The molecule has 2 aromatic carbocycles. The summed E-state index contributed by atoms with van der Waals surface area (Å²) < 4.78 is 0. The van der Waals surface area contributed by atoms with E-state index in [-0.39, 0.29) is 35.8 Å². The number of amides is 1. The van der Waals surface area contributed by atoms with Crippen LogP contribution in [0.2, 0.25) is 0 Å². The second kappa shape index (κ2) is 12.4. The predicted octanol–water partition coefficient (Wildman–Crippen LogP) is 4.46. The minimum Gasteiger partial charge on any atom is -0.352 e. The van der Waals surface area contributed by atoms with Gasteiger partial charge in [-0.3, -0.25) is 9.79 Å². The summed E-state index contributed by atoms with van der Waals surface area (Å²) in [6.45, 7) is 7.40. The Morgan fingerprint density at radius 1 is 1.07 bits per heavy atom. The molecule has 0 aliphatic carbocycles. The maximum Gasteiger partial charge on any atom is 0.227 e. The van der Waals surface area contributed by atoms with Crippen molar-refractivity contribution in [1.82, 2.24) is 10.6 Å². The lowest BCUT2D eigenvalue weighted by Crippen LogP contribution is -2.36. The number of aryl methyl sites for hydroxylation is 1. The van der Waals surface area contributed by atoms with Gasteiger partial charge in [0.15, 0.2) is 5.96 Å². The molecule has 1 unspecified atom stereocenters. The molecule has 5 nitrogen and oxygen atoms in total. The SMILES string of the molecule is CCC(C)C(=O)Nc1cccc(CNC(=NC)NCc2ccccc2C)c1.I. The van der Waals surface area contributed by atoms with Crippen LogP contribution in [0.1, 0.15) is 37.0 Å². The lowest BCUT2D eigenvalue weighted by molar-refractivity contribution is -0.119. The van der Waals surface area contributed by atoms with Gasteiger partial charge in [-0.15, -0.1) is 24.0 Å². The van der Waals surface area contributed by atoms with Gasteiger partial charge in [0.1, 0.15) is 0 Å². The van der Waals surface area contributed by atoms with E-state index in [0.29, 0.717) is 6.54 Å². The third-order valence-electron chi connectivity index (χ3n) is 4.65. The summed E-state index contributed by atoms with van der Waals surface area (Å²) in [5.74, 6) is 0.807. The first-order chi connectivity index (χ1) is 13.0. The average Bonchev–Trinajstić information content (AvgIpc) is 2.69. The highest BCUT2D eigenvalue weighted by Gasteiger charge is 2.10. The van der Waals surface area contributed by atoms with Crippen molar-refractivity contribution in [1.29, 1.82) is 0 Å². The zero-order valence-electron chi connectivity index (χ0n) is 17.1. The largest absolute Gasteiger partial charge is 0.352 e. The van der Waals surface area contributed by atoms with E-state index >= 15 is 0 Å². The zero-order valence-corrected chi connectivity index (χ0v) is 19.4. The highest BCUT2D eigenvalue weighted by Crippen LogP contribution is 2.13. The van der Waals surface area contributed by atoms with Gasteiger partial charge in [0.05, 0.1) is 0 Å². The molecule has 152 valence electrons. The summed E-state index contributed by atoms with van der Waals surface area (Å²) in [4.78, 5) is 16.3. The topological polar surface area (TPSA) is 65.5 Å². The first-order valence-electron chi connectivity index (χ1n) is 9.42. The Kier molecular flexibility index (Phi) is 10.6. The highest BCUT2D eigenvalue weighted by atomic mass is 127. The standard InChI is InChI=1S/C22H30N4O.HI/c1-5-16(2)21(27)26-20-12-8-10-18(13-20)14-24-22(23-4)25-15-19-11-7-6-9-17(19)3;/h6-13,16H,5,14-15H2,1-4H3,(H,26,27)(H2,23,24,25);1H. The molecular weight excluding hydrogens is 463 g/mol. The number of anilines is 1. The average molecular weight is 494 g/mol. The summed E-state index contributed by atoms with van der Waals surface area (Å²) in [6.07, 6.45) is 0.829. The molecule has 0 aromatic heterocycles. The van der Waals surface area contributed by atoms with Crippen molar-refractivity contribution in [2.45, 2.75) is 40.3 Å². The van der Waals surface area contributed by atoms with E-state index in [1.54, 1.807) is 7.05 Å². The molecule has 0 saturated heterocycles. The Hall–Kier alpha value is -2.09. The van der Waals surface area contributed by atoms with Crippen LogP contribution >= 0.6 is 24.0 Å². The van der Waals surface area contributed by atoms with Crippen LogP contribution in [0.3, 0.4) is 0 Å². The molecule has 0 heterocycles. The number of nitrogens with zero attached hydrogens (tertiary/aromatic N) is 1. The number of benzene rings is 2. The first-order valence-corrected chi connectivity index (χ1v) is 9.42. The molecule has 0 fully saturated rings. The van der Waals surface area contributed by atoms with E-state index in [0.717, 1.165) is 30.2 Å². The van der Waals surface area contributed by atoms with Crippen LogP contribution in [0.15, 0.2) is 53.5 Å². The van der Waals surface area contributed by atoms with Crippen LogP contribution in [0, 0.1) is 12.8 Å². The minimum absolute atomic E-state index is 0. The van der Waals surface area contributed by atoms with Crippen molar-refractivity contribution >= 4 is 41.5 Å². The summed E-state index contributed by atoms with van der Waals surface area (Å²) in [5.41, 5.74) is 4.40. The molecule has 3 N–H and O–H groups in total. The van der Waals surface area contributed by atoms with Gasteiger partial charge in [-0.25, -0.2) is 0 Å². The second-order valence-corrected chi connectivity index (χ2v) is 6.70. The third-order valence-corrected chi connectivity index (χ3v) is 4.65. The van der Waals surface area contributed by atoms with Crippen LogP contribution in [-0.4, -0.2) is 18.9 Å². The van der Waals surface area contributed by atoms with Crippen LogP contribution in [-0.2, 0) is 17.9 Å². The summed E-state index contributed by atoms with van der Waals surface area (Å²) in [5, 5.41) is 9.63. The molecule has 2 rings (SSSR count). The quantitative estimate of drug-likeness (QED) is 0.303. The Labute approximate surface area is 185 Å². The number of nitrogens with one attached hydrogen (secondary N) is 3. The molecule has 0 aliphatic heterocycles. The Bertz CT molecular complexity index is 792. The molecule has 1 atom stereocenters. The molecule has 1 amide bonds. The number of aliphatic imine (C=N–C) groups is 1. The van der Waals surface area contributed by atoms with Gasteiger partial charge in [-0.1, -0.05) is 50.2 Å². The van der Waals surface area contributed by atoms with Crippen molar-refractivity contribution in [3.05, 3.63) is 65.2 Å². The van der Waals surface area contributed by atoms with E-state index in [2.05, 4.69) is 40.0 Å². The van der Waals surface area contributed by atoms with Crippen LogP contribution < -0.4 is 16.0 Å². The Balaban J connectivity index is 0.00000392. The fraction of sp³-hybridized carbons (Fsp3) is 0.364. The minimum atomic E-state index is 0. The van der Waals surface area contributed by atoms with Crippen LogP contribution in [0.5, 0.6) is 0 Å². The van der Waals surface area contributed by atoms with E-state index in [9.17, 15) is 4.79 Å². The molecule has 28 heavy (non-hydrogen) atoms. The number of carbonyl (C=O) groups is 1. The maximum atomic E-state index is 12.1. The Morgan fingerprint density at radius 2 is 1.79 bits per heavy atom. The van der Waals surface area contributed by atoms with Gasteiger partial charge in [0.2, 0.25) is 5.91 Å². The van der Waals surface area contributed by atoms with Gasteiger partial charge in [0.25, 0.3) is 0 Å². The lowest BCUT2D eigenvalue weighted by atomic mass is 10.1. The number of halogens is 1. The number of guanidine groups is 1. The normalized spacial score (nSPS) is 11.9. The lowest BCUT2D eigenvalue weighted by Gasteiger charge is -2.14. The number of hydrogen-bond acceptors (Lipinski definition) is 2. The van der Waals surface area contributed by atoms with Crippen molar-refractivity contribution in [2.24, 2.45) is 10.9 Å². The fourth-order valence-electron chi connectivity index (χ4n) is 2.60. The van der Waals surface area contributed by atoms with Gasteiger partial charge in [-0.05, 0) is 42.2 Å². The molecule has 2 aromatic rings. The number of rotatable bonds is 7. The maximum absolute atomic E-state index is 12.1. The zero-order chi connectivity index (χ0) is 19.6. The molecule has 0 bridgehead atoms. The molecule has 0 spiro atoms. The van der Waals surface area contributed by atoms with Crippen LogP contribution in [0.4, 0.5) is 5.69 Å². The Morgan fingerprint density at radius 3 is 2.46 bits per heavy atom. The van der Waals surface area contributed by atoms with Crippen molar-refractivity contribution in [3.63, 3.8) is 0 Å². The first kappa shape index (κ1) is 23.9. The molecule has 0 radical (unpaired) electrons. The molecular formula is C22H31IN4O. The van der Waals surface area contributed by atoms with Crippen molar-refractivity contribution in [3.8, 4) is 0 Å². The molecule has 0 saturated carbocycles. The van der Waals surface area contributed by atoms with E-state index < -0.39 is 0 Å². The van der Waals surface area contributed by atoms with E-state index in [1.807, 2.05) is 50.2 Å². The van der Waals surface area contributed by atoms with Gasteiger partial charge < -0.3 is 16.0 Å². The van der Waals surface area contributed by atoms with Crippen molar-refractivity contribution < 1.29 is 4.79 Å². The monoisotopic (exact) mass is 494 g/mol. The number of carbonyl (C=O) groups excluding carboxylic acids is 1. The van der Waals surface area contributed by atoms with Gasteiger partial charge in [0, 0.05) is 31.7 Å². The van der Waals surface area contributed by atoms with Crippen molar-refractivity contribution in [2.75, 3.05) is 12.4 Å². The third kappa shape index (κ3) is 7.50. The van der Waals surface area contributed by atoms with Gasteiger partial charge >= 0.3 is 0 Å². The molecule has 0 aliphatic rings. The summed E-state index contributed by atoms with van der Waals surface area (Å²) in [7, 11) is 1.76. The predicted molar refractivity (Wildman–Crippen MR) is 128 cm³/mol. The second-order valence-electron chi connectivity index (χ2n) is 6.70. The summed E-state index contributed by atoms with van der Waals surface area (Å²) >= 11 is 0. The summed E-state index contributed by atoms with van der Waals surface area (Å²) in [6, 6.07) is 16.2. The van der Waals surface area contributed by atoms with Gasteiger partial charge in [-0.2, -0.15) is 0 Å². The van der Waals surface area contributed by atoms with Crippen LogP contribution in [0.25, 0.3) is 0 Å². The van der Waals surface area contributed by atoms with E-state index in [1.165, 1.54) is 11.1 Å². The number of hydrogen-bond donors (Lipinski definition) is 3. The smallest absolute Gasteiger partial charge is 0.227 e. The fourth-order valence-corrected chi connectivity index (χ4v) is 2.60. The molecule has 6 heteroatoms.